The van der Waals surface area contributed by atoms with Crippen LogP contribution in [0.3, 0.4) is 0 Å². The Bertz CT molecular complexity index is 658. The first-order valence-electron chi connectivity index (χ1n) is 6.47. The molecule has 0 aliphatic rings. The zero-order valence-corrected chi connectivity index (χ0v) is 14.0. The predicted octanol–water partition coefficient (Wildman–Crippen LogP) is 4.26. The molecule has 0 amide bonds. The van der Waals surface area contributed by atoms with Crippen molar-refractivity contribution in [1.29, 1.82) is 0 Å². The monoisotopic (exact) mass is 338 g/mol. The van der Waals surface area contributed by atoms with E-state index in [9.17, 15) is 0 Å². The normalized spacial score (nSPS) is 10.9. The van der Waals surface area contributed by atoms with E-state index in [0.29, 0.717) is 15.0 Å². The molecule has 2 rings (SSSR count). The summed E-state index contributed by atoms with van der Waals surface area (Å²) in [6.07, 6.45) is 0. The number of benzene rings is 2. The van der Waals surface area contributed by atoms with Crippen LogP contribution in [0.25, 0.3) is 0 Å². The summed E-state index contributed by atoms with van der Waals surface area (Å²) in [6, 6.07) is 13.7. The molecule has 0 fully saturated rings. The standard InChI is InChI=1S/C16H16Cl2N2S/c1-20(10-12-5-6-14(17)15(18)8-12)9-11-3-2-4-13(7-11)16(19)21/h2-8H,9-10H2,1H3,(H2,19,21). The van der Waals surface area contributed by atoms with E-state index in [0.717, 1.165) is 24.2 Å². The molecule has 0 aliphatic carbocycles. The van der Waals surface area contributed by atoms with E-state index in [1.165, 1.54) is 5.56 Å². The molecule has 0 saturated carbocycles. The Balaban J connectivity index is 2.04. The summed E-state index contributed by atoms with van der Waals surface area (Å²) in [5.41, 5.74) is 8.84. The van der Waals surface area contributed by atoms with Gasteiger partial charge in [0.05, 0.1) is 10.0 Å². The molecule has 2 aromatic rings. The number of hydrogen-bond donors (Lipinski definition) is 1. The first kappa shape index (κ1) is 16.2. The number of thiocarbonyl (C=S) groups is 1. The van der Waals surface area contributed by atoms with Gasteiger partial charge >= 0.3 is 0 Å². The molecular formula is C16H16Cl2N2S. The van der Waals surface area contributed by atoms with Crippen LogP contribution in [0.15, 0.2) is 42.5 Å². The van der Waals surface area contributed by atoms with Gasteiger partial charge in [-0.2, -0.15) is 0 Å². The number of hydrogen-bond acceptors (Lipinski definition) is 2. The molecule has 0 radical (unpaired) electrons. The van der Waals surface area contributed by atoms with Gasteiger partial charge in [0, 0.05) is 18.7 Å². The second-order valence-electron chi connectivity index (χ2n) is 4.99. The minimum atomic E-state index is 0.420. The summed E-state index contributed by atoms with van der Waals surface area (Å²) in [6.45, 7) is 1.59. The minimum Gasteiger partial charge on any atom is -0.389 e. The summed E-state index contributed by atoms with van der Waals surface area (Å²) in [7, 11) is 2.05. The zero-order chi connectivity index (χ0) is 15.4. The quantitative estimate of drug-likeness (QED) is 0.826. The molecule has 0 aliphatic heterocycles. The van der Waals surface area contributed by atoms with Crippen LogP contribution in [0.2, 0.25) is 10.0 Å². The fourth-order valence-corrected chi connectivity index (χ4v) is 2.59. The van der Waals surface area contributed by atoms with Crippen LogP contribution >= 0.6 is 35.4 Å². The maximum Gasteiger partial charge on any atom is 0.103 e. The lowest BCUT2D eigenvalue weighted by Crippen LogP contribution is -2.18. The van der Waals surface area contributed by atoms with Crippen molar-refractivity contribution >= 4 is 40.4 Å². The molecule has 0 aromatic heterocycles. The molecule has 2 aromatic carbocycles. The maximum atomic E-state index is 6.03. The number of rotatable bonds is 5. The topological polar surface area (TPSA) is 29.3 Å². The Kier molecular flexibility index (Phi) is 5.59. The van der Waals surface area contributed by atoms with Crippen LogP contribution < -0.4 is 5.73 Å². The van der Waals surface area contributed by atoms with Crippen molar-refractivity contribution in [3.8, 4) is 0 Å². The summed E-state index contributed by atoms with van der Waals surface area (Å²) in [4.78, 5) is 2.61. The maximum absolute atomic E-state index is 6.03. The number of halogens is 2. The highest BCUT2D eigenvalue weighted by molar-refractivity contribution is 7.80. The Hall–Kier alpha value is -1.13. The van der Waals surface area contributed by atoms with E-state index < -0.39 is 0 Å². The van der Waals surface area contributed by atoms with E-state index in [1.807, 2.05) is 36.4 Å². The van der Waals surface area contributed by atoms with Crippen molar-refractivity contribution in [1.82, 2.24) is 4.90 Å². The Morgan fingerprint density at radius 3 is 2.33 bits per heavy atom. The summed E-state index contributed by atoms with van der Waals surface area (Å²) in [5.74, 6) is 0. The fraction of sp³-hybridized carbons (Fsp3) is 0.188. The molecule has 5 heteroatoms. The van der Waals surface area contributed by atoms with Crippen LogP contribution in [0.4, 0.5) is 0 Å². The van der Waals surface area contributed by atoms with Crippen molar-refractivity contribution in [2.75, 3.05) is 7.05 Å². The average Bonchev–Trinajstić information content (AvgIpc) is 2.43. The molecule has 0 saturated heterocycles. The van der Waals surface area contributed by atoms with E-state index in [1.54, 1.807) is 0 Å². The molecule has 0 atom stereocenters. The van der Waals surface area contributed by atoms with Gasteiger partial charge < -0.3 is 5.73 Å². The van der Waals surface area contributed by atoms with E-state index in [4.69, 9.17) is 41.2 Å². The Morgan fingerprint density at radius 1 is 1.05 bits per heavy atom. The smallest absolute Gasteiger partial charge is 0.103 e. The highest BCUT2D eigenvalue weighted by atomic mass is 35.5. The van der Waals surface area contributed by atoms with Crippen molar-refractivity contribution in [2.45, 2.75) is 13.1 Å². The van der Waals surface area contributed by atoms with Gasteiger partial charge in [0.25, 0.3) is 0 Å². The van der Waals surface area contributed by atoms with Gasteiger partial charge in [0.2, 0.25) is 0 Å². The van der Waals surface area contributed by atoms with Gasteiger partial charge in [-0.1, -0.05) is 59.7 Å². The largest absolute Gasteiger partial charge is 0.389 e. The second kappa shape index (κ2) is 7.23. The van der Waals surface area contributed by atoms with Crippen molar-refractivity contribution in [2.24, 2.45) is 5.73 Å². The number of nitrogens with two attached hydrogens (primary N) is 1. The zero-order valence-electron chi connectivity index (χ0n) is 11.6. The molecule has 21 heavy (non-hydrogen) atoms. The van der Waals surface area contributed by atoms with E-state index in [-0.39, 0.29) is 0 Å². The van der Waals surface area contributed by atoms with Crippen LogP contribution in [0, 0.1) is 0 Å². The van der Waals surface area contributed by atoms with Gasteiger partial charge in [-0.05, 0) is 36.4 Å². The van der Waals surface area contributed by atoms with Gasteiger partial charge in [0.1, 0.15) is 4.99 Å². The van der Waals surface area contributed by atoms with Gasteiger partial charge in [-0.15, -0.1) is 0 Å². The second-order valence-corrected chi connectivity index (χ2v) is 6.24. The molecule has 0 spiro atoms. The summed E-state index contributed by atoms with van der Waals surface area (Å²) in [5, 5.41) is 1.16. The highest BCUT2D eigenvalue weighted by Gasteiger charge is 2.05. The van der Waals surface area contributed by atoms with Crippen LogP contribution in [-0.4, -0.2) is 16.9 Å². The molecule has 110 valence electrons. The summed E-state index contributed by atoms with van der Waals surface area (Å²) < 4.78 is 0. The third-order valence-corrected chi connectivity index (χ3v) is 4.08. The third-order valence-electron chi connectivity index (χ3n) is 3.10. The van der Waals surface area contributed by atoms with Crippen LogP contribution in [0.1, 0.15) is 16.7 Å². The predicted molar refractivity (Wildman–Crippen MR) is 94.0 cm³/mol. The Morgan fingerprint density at radius 2 is 1.71 bits per heavy atom. The van der Waals surface area contributed by atoms with Gasteiger partial charge in [-0.3, -0.25) is 4.90 Å². The summed E-state index contributed by atoms with van der Waals surface area (Å²) >= 11 is 17.0. The number of nitrogens with zero attached hydrogens (tertiary/aromatic N) is 1. The van der Waals surface area contributed by atoms with Crippen molar-refractivity contribution < 1.29 is 0 Å². The molecule has 0 bridgehead atoms. The van der Waals surface area contributed by atoms with Crippen molar-refractivity contribution in [3.05, 3.63) is 69.2 Å². The average molecular weight is 339 g/mol. The Labute approximate surface area is 140 Å². The first-order chi connectivity index (χ1) is 9.95. The minimum absolute atomic E-state index is 0.420. The van der Waals surface area contributed by atoms with Gasteiger partial charge in [-0.25, -0.2) is 0 Å². The molecule has 2 N–H and O–H groups in total. The lowest BCUT2D eigenvalue weighted by Gasteiger charge is -2.17. The first-order valence-corrected chi connectivity index (χ1v) is 7.63. The molecule has 0 unspecified atom stereocenters. The SMILES string of the molecule is CN(Cc1cccc(C(N)=S)c1)Cc1ccc(Cl)c(Cl)c1. The fourth-order valence-electron chi connectivity index (χ4n) is 2.14. The lowest BCUT2D eigenvalue weighted by molar-refractivity contribution is 0.319. The van der Waals surface area contributed by atoms with Crippen LogP contribution in [-0.2, 0) is 13.1 Å². The van der Waals surface area contributed by atoms with E-state index >= 15 is 0 Å². The van der Waals surface area contributed by atoms with Crippen LogP contribution in [0.5, 0.6) is 0 Å². The van der Waals surface area contributed by atoms with Crippen molar-refractivity contribution in [3.63, 3.8) is 0 Å². The lowest BCUT2D eigenvalue weighted by atomic mass is 10.1. The molecular weight excluding hydrogens is 323 g/mol. The molecule has 2 nitrogen and oxygen atoms in total. The van der Waals surface area contributed by atoms with Gasteiger partial charge in [0.15, 0.2) is 0 Å². The highest BCUT2D eigenvalue weighted by Crippen LogP contribution is 2.23. The third kappa shape index (κ3) is 4.68. The molecule has 0 heterocycles. The van der Waals surface area contributed by atoms with E-state index in [2.05, 4.69) is 18.0 Å².